The summed E-state index contributed by atoms with van der Waals surface area (Å²) in [6.45, 7) is 6.93. The Morgan fingerprint density at radius 2 is 2.06 bits per heavy atom. The zero-order chi connectivity index (χ0) is 24.2. The van der Waals surface area contributed by atoms with E-state index in [0.29, 0.717) is 18.0 Å². The molecule has 2 aromatic heterocycles. The second kappa shape index (κ2) is 10.5. The van der Waals surface area contributed by atoms with Crippen molar-refractivity contribution >= 4 is 39.1 Å². The maximum absolute atomic E-state index is 12.7. The first-order valence-electron chi connectivity index (χ1n) is 10.9. The monoisotopic (exact) mass is 541 g/mol. The molecular weight excluding hydrogens is 518 g/mol. The predicted molar refractivity (Wildman–Crippen MR) is 137 cm³/mol. The van der Waals surface area contributed by atoms with Gasteiger partial charge in [-0.05, 0) is 81.9 Å². The van der Waals surface area contributed by atoms with Crippen LogP contribution in [-0.2, 0) is 13.2 Å². The minimum atomic E-state index is -0.324. The van der Waals surface area contributed by atoms with Crippen LogP contribution in [0.4, 0.5) is 5.69 Å². The Morgan fingerprint density at radius 3 is 2.79 bits per heavy atom. The van der Waals surface area contributed by atoms with Gasteiger partial charge in [0.05, 0.1) is 17.2 Å². The number of amides is 1. The number of nitrogens with one attached hydrogen (secondary N) is 1. The molecule has 176 valence electrons. The van der Waals surface area contributed by atoms with E-state index in [0.717, 1.165) is 31.9 Å². The number of hydrogen-bond donors (Lipinski definition) is 1. The fraction of sp³-hybridized carbons (Fsp3) is 0.231. The average Bonchev–Trinajstić information content (AvgIpc) is 3.43. The number of aromatic nitrogens is 2. The van der Waals surface area contributed by atoms with E-state index in [-0.39, 0.29) is 24.2 Å². The molecule has 2 heterocycles. The van der Waals surface area contributed by atoms with Gasteiger partial charge in [0.15, 0.2) is 5.76 Å². The van der Waals surface area contributed by atoms with Gasteiger partial charge in [-0.15, -0.1) is 0 Å². The summed E-state index contributed by atoms with van der Waals surface area (Å²) in [5.41, 5.74) is 3.67. The topological polar surface area (TPSA) is 69.3 Å². The van der Waals surface area contributed by atoms with Crippen LogP contribution in [0.5, 0.6) is 5.75 Å². The first-order valence-corrected chi connectivity index (χ1v) is 12.1. The standard InChI is InChI=1S/C26H25BrClN3O3/c1-16(2)22-11-23(28)17(3)9-25(22)33-15-21-7-8-24(34-21)26(32)30-20-6-4-5-18(10-20)13-31-14-19(27)12-29-31/h4-12,14,16H,13,15H2,1-3H3,(H,30,32). The lowest BCUT2D eigenvalue weighted by Crippen LogP contribution is -2.11. The maximum Gasteiger partial charge on any atom is 0.291 e. The van der Waals surface area contributed by atoms with Crippen molar-refractivity contribution in [2.24, 2.45) is 0 Å². The third kappa shape index (κ3) is 5.90. The zero-order valence-corrected chi connectivity index (χ0v) is 21.5. The number of rotatable bonds is 8. The van der Waals surface area contributed by atoms with Crippen molar-refractivity contribution in [2.75, 3.05) is 5.32 Å². The summed E-state index contributed by atoms with van der Waals surface area (Å²) in [6.07, 6.45) is 3.63. The molecule has 0 aliphatic rings. The van der Waals surface area contributed by atoms with Crippen LogP contribution in [0.15, 0.2) is 69.8 Å². The van der Waals surface area contributed by atoms with E-state index in [1.165, 1.54) is 0 Å². The van der Waals surface area contributed by atoms with Gasteiger partial charge in [0.1, 0.15) is 18.1 Å². The molecule has 2 aromatic carbocycles. The van der Waals surface area contributed by atoms with Gasteiger partial charge in [0, 0.05) is 16.9 Å². The molecule has 8 heteroatoms. The highest BCUT2D eigenvalue weighted by Gasteiger charge is 2.15. The molecule has 4 rings (SSSR count). The molecule has 1 N–H and O–H groups in total. The highest BCUT2D eigenvalue weighted by molar-refractivity contribution is 9.10. The Labute approximate surface area is 212 Å². The second-order valence-electron chi connectivity index (χ2n) is 8.36. The van der Waals surface area contributed by atoms with Crippen molar-refractivity contribution in [1.29, 1.82) is 0 Å². The summed E-state index contributed by atoms with van der Waals surface area (Å²) < 4.78 is 14.5. The molecular formula is C26H25BrClN3O3. The van der Waals surface area contributed by atoms with E-state index in [1.807, 2.05) is 54.2 Å². The molecule has 0 saturated carbocycles. The predicted octanol–water partition coefficient (Wildman–Crippen LogP) is 7.20. The first-order chi connectivity index (χ1) is 16.3. The van der Waals surface area contributed by atoms with Gasteiger partial charge in [-0.1, -0.05) is 37.6 Å². The molecule has 0 spiro atoms. The number of hydrogen-bond acceptors (Lipinski definition) is 4. The molecule has 0 radical (unpaired) electrons. The van der Waals surface area contributed by atoms with Crippen molar-refractivity contribution < 1.29 is 13.9 Å². The van der Waals surface area contributed by atoms with Gasteiger partial charge in [-0.3, -0.25) is 9.48 Å². The van der Waals surface area contributed by atoms with Gasteiger partial charge in [0.2, 0.25) is 0 Å². The molecule has 0 aliphatic carbocycles. The molecule has 34 heavy (non-hydrogen) atoms. The van der Waals surface area contributed by atoms with Gasteiger partial charge in [-0.2, -0.15) is 5.10 Å². The van der Waals surface area contributed by atoms with Crippen molar-refractivity contribution in [3.05, 3.63) is 98.6 Å². The Balaban J connectivity index is 1.39. The maximum atomic E-state index is 12.7. The number of carbonyl (C=O) groups excluding carboxylic acids is 1. The van der Waals surface area contributed by atoms with Crippen molar-refractivity contribution in [3.8, 4) is 5.75 Å². The van der Waals surface area contributed by atoms with Gasteiger partial charge < -0.3 is 14.5 Å². The van der Waals surface area contributed by atoms with Crippen molar-refractivity contribution in [1.82, 2.24) is 9.78 Å². The lowest BCUT2D eigenvalue weighted by atomic mass is 10.0. The number of halogens is 2. The third-order valence-electron chi connectivity index (χ3n) is 5.30. The number of carbonyl (C=O) groups is 1. The van der Waals surface area contributed by atoms with Crippen LogP contribution < -0.4 is 10.1 Å². The van der Waals surface area contributed by atoms with Gasteiger partial charge in [0.25, 0.3) is 5.91 Å². The number of ether oxygens (including phenoxy) is 1. The molecule has 0 unspecified atom stereocenters. The van der Waals surface area contributed by atoms with Crippen LogP contribution in [0, 0.1) is 6.92 Å². The minimum Gasteiger partial charge on any atom is -0.485 e. The molecule has 0 saturated heterocycles. The number of benzene rings is 2. The fourth-order valence-electron chi connectivity index (χ4n) is 3.52. The number of anilines is 1. The molecule has 0 atom stereocenters. The molecule has 1 amide bonds. The second-order valence-corrected chi connectivity index (χ2v) is 9.68. The molecule has 4 aromatic rings. The fourth-order valence-corrected chi connectivity index (χ4v) is 4.03. The highest BCUT2D eigenvalue weighted by Crippen LogP contribution is 2.32. The summed E-state index contributed by atoms with van der Waals surface area (Å²) >= 11 is 9.67. The van der Waals surface area contributed by atoms with Crippen LogP contribution in [0.2, 0.25) is 5.02 Å². The zero-order valence-electron chi connectivity index (χ0n) is 19.1. The Morgan fingerprint density at radius 1 is 1.24 bits per heavy atom. The Bertz CT molecular complexity index is 1310. The van der Waals surface area contributed by atoms with Crippen LogP contribution >= 0.6 is 27.5 Å². The van der Waals surface area contributed by atoms with Crippen molar-refractivity contribution in [2.45, 2.75) is 39.8 Å². The lowest BCUT2D eigenvalue weighted by molar-refractivity contribution is 0.0992. The lowest BCUT2D eigenvalue weighted by Gasteiger charge is -2.15. The highest BCUT2D eigenvalue weighted by atomic mass is 79.9. The van der Waals surface area contributed by atoms with Crippen LogP contribution in [0.25, 0.3) is 0 Å². The average molecular weight is 543 g/mol. The van der Waals surface area contributed by atoms with Crippen LogP contribution in [-0.4, -0.2) is 15.7 Å². The van der Waals surface area contributed by atoms with E-state index in [9.17, 15) is 4.79 Å². The summed E-state index contributed by atoms with van der Waals surface area (Å²) in [6, 6.07) is 14.9. The van der Waals surface area contributed by atoms with Crippen LogP contribution in [0.3, 0.4) is 0 Å². The van der Waals surface area contributed by atoms with E-state index in [1.54, 1.807) is 18.3 Å². The number of nitrogens with zero attached hydrogens (tertiary/aromatic N) is 2. The number of aryl methyl sites for hydroxylation is 1. The third-order valence-corrected chi connectivity index (χ3v) is 6.12. The van der Waals surface area contributed by atoms with E-state index in [4.69, 9.17) is 20.8 Å². The molecule has 0 bridgehead atoms. The molecule has 0 aliphatic heterocycles. The molecule has 0 fully saturated rings. The summed E-state index contributed by atoms with van der Waals surface area (Å²) in [5.74, 6) is 1.48. The van der Waals surface area contributed by atoms with E-state index >= 15 is 0 Å². The SMILES string of the molecule is Cc1cc(OCc2ccc(C(=O)Nc3cccc(Cn4cc(Br)cn4)c3)o2)c(C(C)C)cc1Cl. The van der Waals surface area contributed by atoms with Gasteiger partial charge in [-0.25, -0.2) is 0 Å². The number of furan rings is 1. The smallest absolute Gasteiger partial charge is 0.291 e. The Kier molecular flexibility index (Phi) is 7.44. The summed E-state index contributed by atoms with van der Waals surface area (Å²) in [4.78, 5) is 12.7. The largest absolute Gasteiger partial charge is 0.485 e. The molecule has 6 nitrogen and oxygen atoms in total. The van der Waals surface area contributed by atoms with Crippen LogP contribution in [0.1, 0.15) is 52.8 Å². The first kappa shape index (κ1) is 24.1. The van der Waals surface area contributed by atoms with Crippen molar-refractivity contribution in [3.63, 3.8) is 0 Å². The minimum absolute atomic E-state index is 0.211. The van der Waals surface area contributed by atoms with Gasteiger partial charge >= 0.3 is 0 Å². The quantitative estimate of drug-likeness (QED) is 0.255. The normalized spacial score (nSPS) is 11.1. The summed E-state index contributed by atoms with van der Waals surface area (Å²) in [5, 5.41) is 7.87. The van der Waals surface area contributed by atoms with E-state index < -0.39 is 0 Å². The Hall–Kier alpha value is -3.03. The summed E-state index contributed by atoms with van der Waals surface area (Å²) in [7, 11) is 0. The van der Waals surface area contributed by atoms with E-state index in [2.05, 4.69) is 40.2 Å².